The van der Waals surface area contributed by atoms with Crippen molar-refractivity contribution in [1.82, 2.24) is 0 Å². The lowest BCUT2D eigenvalue weighted by Gasteiger charge is -2.35. The van der Waals surface area contributed by atoms with Crippen LogP contribution in [0.5, 0.6) is 0 Å². The lowest BCUT2D eigenvalue weighted by Crippen LogP contribution is -2.30. The van der Waals surface area contributed by atoms with Crippen LogP contribution in [0.4, 0.5) is 0 Å². The van der Waals surface area contributed by atoms with Crippen molar-refractivity contribution < 1.29 is 9.90 Å². The van der Waals surface area contributed by atoms with Gasteiger partial charge in [0.25, 0.3) is 0 Å². The average molecular weight is 567 g/mol. The minimum Gasteiger partial charge on any atom is -0.393 e. The van der Waals surface area contributed by atoms with Gasteiger partial charge in [0.05, 0.1) is 6.10 Å². The van der Waals surface area contributed by atoms with E-state index in [1.165, 1.54) is 33.4 Å². The Morgan fingerprint density at radius 3 is 1.81 bits per heavy atom. The van der Waals surface area contributed by atoms with E-state index in [1.54, 1.807) is 6.08 Å². The van der Waals surface area contributed by atoms with Gasteiger partial charge in [0.2, 0.25) is 0 Å². The topological polar surface area (TPSA) is 37.3 Å². The second-order valence-electron chi connectivity index (χ2n) is 13.6. The Hall–Kier alpha value is -3.23. The molecule has 2 unspecified atom stereocenters. The fourth-order valence-corrected chi connectivity index (χ4v) is 5.97. The summed E-state index contributed by atoms with van der Waals surface area (Å²) in [5, 5.41) is 10.1. The number of rotatable bonds is 10. The van der Waals surface area contributed by atoms with Crippen molar-refractivity contribution in [1.29, 1.82) is 0 Å². The normalized spacial score (nSPS) is 24.8. The number of hydrogen-bond acceptors (Lipinski definition) is 2. The molecule has 42 heavy (non-hydrogen) atoms. The maximum atomic E-state index is 11.9. The third-order valence-corrected chi connectivity index (χ3v) is 8.16. The van der Waals surface area contributed by atoms with Crippen molar-refractivity contribution >= 4 is 5.78 Å². The molecule has 0 aromatic heterocycles. The van der Waals surface area contributed by atoms with Crippen LogP contribution in [0.3, 0.4) is 0 Å². The van der Waals surface area contributed by atoms with Crippen LogP contribution >= 0.6 is 0 Å². The summed E-state index contributed by atoms with van der Waals surface area (Å²) in [5.41, 5.74) is 8.49. The van der Waals surface area contributed by atoms with Crippen molar-refractivity contribution in [3.63, 3.8) is 0 Å². The van der Waals surface area contributed by atoms with E-state index in [0.29, 0.717) is 6.42 Å². The van der Waals surface area contributed by atoms with Gasteiger partial charge in [0.1, 0.15) is 0 Å². The molecule has 2 nitrogen and oxygen atoms in total. The monoisotopic (exact) mass is 566 g/mol. The summed E-state index contributed by atoms with van der Waals surface area (Å²) >= 11 is 0. The first kappa shape index (κ1) is 35.0. The molecule has 0 aromatic rings. The van der Waals surface area contributed by atoms with Crippen LogP contribution in [0.25, 0.3) is 0 Å². The van der Waals surface area contributed by atoms with E-state index in [-0.39, 0.29) is 28.6 Å². The lowest BCUT2D eigenvalue weighted by atomic mass is 9.68. The van der Waals surface area contributed by atoms with Crippen molar-refractivity contribution in [2.75, 3.05) is 0 Å². The summed E-state index contributed by atoms with van der Waals surface area (Å²) in [5.74, 6) is 0.521. The Balaban J connectivity index is 1.90. The molecule has 2 atom stereocenters. The molecule has 0 saturated carbocycles. The highest BCUT2D eigenvalue weighted by molar-refractivity contribution is 5.92. The number of aliphatic hydroxyl groups excluding tert-OH is 1. The Morgan fingerprint density at radius 2 is 1.29 bits per heavy atom. The summed E-state index contributed by atoms with van der Waals surface area (Å²) in [6.45, 7) is 21.4. The first-order valence-electron chi connectivity index (χ1n) is 15.3. The summed E-state index contributed by atoms with van der Waals surface area (Å²) in [6.07, 6.45) is 33.6. The minimum absolute atomic E-state index is 0.00310. The number of hydrogen-bond donors (Lipinski definition) is 1. The molecule has 2 aliphatic carbocycles. The number of carbonyl (C=O) groups is 1. The predicted octanol–water partition coefficient (Wildman–Crippen LogP) is 10.6. The first-order chi connectivity index (χ1) is 19.6. The smallest absolute Gasteiger partial charge is 0.156 e. The summed E-state index contributed by atoms with van der Waals surface area (Å²) in [6, 6.07) is 0. The van der Waals surface area contributed by atoms with E-state index in [1.807, 2.05) is 0 Å². The van der Waals surface area contributed by atoms with E-state index in [9.17, 15) is 9.90 Å². The number of ketones is 1. The van der Waals surface area contributed by atoms with Gasteiger partial charge in [-0.15, -0.1) is 0 Å². The molecule has 2 aliphatic rings. The molecule has 0 radical (unpaired) electrons. The molecule has 1 N–H and O–H groups in total. The van der Waals surface area contributed by atoms with Crippen LogP contribution in [0, 0.1) is 16.7 Å². The zero-order valence-corrected chi connectivity index (χ0v) is 27.8. The second-order valence-corrected chi connectivity index (χ2v) is 13.6. The van der Waals surface area contributed by atoms with E-state index in [2.05, 4.69) is 154 Å². The largest absolute Gasteiger partial charge is 0.393 e. The fraction of sp³-hybridized carbons (Fsp3) is 0.425. The first-order valence-corrected chi connectivity index (χ1v) is 15.3. The van der Waals surface area contributed by atoms with Gasteiger partial charge in [-0.1, -0.05) is 146 Å². The molecule has 2 heteroatoms. The second kappa shape index (κ2) is 15.8. The van der Waals surface area contributed by atoms with Gasteiger partial charge < -0.3 is 5.11 Å². The number of allylic oxidation sites excluding steroid dienone is 21. The quantitative estimate of drug-likeness (QED) is 0.267. The van der Waals surface area contributed by atoms with Crippen LogP contribution in [0.2, 0.25) is 0 Å². The summed E-state index contributed by atoms with van der Waals surface area (Å²) in [4.78, 5) is 11.9. The fourth-order valence-electron chi connectivity index (χ4n) is 5.97. The molecule has 0 bridgehead atoms. The molecular formula is C40H54O2. The Labute approximate surface area is 256 Å². The van der Waals surface area contributed by atoms with Crippen LogP contribution in [-0.4, -0.2) is 17.0 Å². The summed E-state index contributed by atoms with van der Waals surface area (Å²) in [7, 11) is 0. The van der Waals surface area contributed by atoms with Gasteiger partial charge in [0.15, 0.2) is 5.78 Å². The van der Waals surface area contributed by atoms with Crippen molar-refractivity contribution in [2.24, 2.45) is 16.7 Å². The molecule has 2 rings (SSSR count). The van der Waals surface area contributed by atoms with Crippen LogP contribution < -0.4 is 0 Å². The van der Waals surface area contributed by atoms with Gasteiger partial charge >= 0.3 is 0 Å². The molecule has 0 heterocycles. The Morgan fingerprint density at radius 1 is 0.786 bits per heavy atom. The third kappa shape index (κ3) is 11.6. The maximum absolute atomic E-state index is 11.9. The average Bonchev–Trinajstić information content (AvgIpc) is 2.84. The van der Waals surface area contributed by atoms with E-state index in [4.69, 9.17) is 0 Å². The Bertz CT molecular complexity index is 1320. The zero-order valence-electron chi connectivity index (χ0n) is 27.8. The molecule has 0 aliphatic heterocycles. The molecule has 0 aromatic carbocycles. The van der Waals surface area contributed by atoms with Gasteiger partial charge in [-0.3, -0.25) is 4.79 Å². The molecule has 0 amide bonds. The third-order valence-electron chi connectivity index (χ3n) is 8.16. The number of carbonyl (C=O) groups excluding carboxylic acids is 1. The standard InChI is InChI=1S/C40H54O2/c1-29(17-13-19-31(3)21-23-37-33(5)25-35(41)27-39(37,7)8)15-11-12-16-30(2)18-14-20-32(4)22-24-38-34(6)26-36(42)28-40(38,9)10/h11-25,36-37,42H,26-28H2,1-10H3/b12-11+,17-13+,18-14+,23-21+,24-22+,29-15+,30-16+,31-19+,32-20+. The SMILES string of the molecule is CC1=CC(=O)CC(C)(C)C1/C=C/C(C)=C/C=C/C(C)=C/C=C/C=C(C)/C=C/C=C(C)/C=C/C1=C(C)CC(O)CC1(C)C. The van der Waals surface area contributed by atoms with E-state index >= 15 is 0 Å². The Kier molecular flexibility index (Phi) is 13.2. The van der Waals surface area contributed by atoms with Crippen LogP contribution in [0.1, 0.15) is 88.5 Å². The van der Waals surface area contributed by atoms with Crippen molar-refractivity contribution in [3.8, 4) is 0 Å². The highest BCUT2D eigenvalue weighted by atomic mass is 16.3. The predicted molar refractivity (Wildman–Crippen MR) is 183 cm³/mol. The van der Waals surface area contributed by atoms with Gasteiger partial charge in [-0.2, -0.15) is 0 Å². The molecular weight excluding hydrogens is 512 g/mol. The van der Waals surface area contributed by atoms with Gasteiger partial charge in [-0.25, -0.2) is 0 Å². The maximum Gasteiger partial charge on any atom is 0.156 e. The summed E-state index contributed by atoms with van der Waals surface area (Å²) < 4.78 is 0. The lowest BCUT2D eigenvalue weighted by molar-refractivity contribution is -0.117. The van der Waals surface area contributed by atoms with Gasteiger partial charge in [0, 0.05) is 12.3 Å². The number of aliphatic hydroxyl groups is 1. The van der Waals surface area contributed by atoms with Crippen molar-refractivity contribution in [2.45, 2.75) is 94.6 Å². The molecule has 226 valence electrons. The van der Waals surface area contributed by atoms with Crippen LogP contribution in [-0.2, 0) is 4.79 Å². The zero-order chi connectivity index (χ0) is 31.5. The van der Waals surface area contributed by atoms with Gasteiger partial charge in [-0.05, 0) is 76.9 Å². The molecule has 0 saturated heterocycles. The molecule has 0 spiro atoms. The van der Waals surface area contributed by atoms with E-state index in [0.717, 1.165) is 18.4 Å². The van der Waals surface area contributed by atoms with E-state index < -0.39 is 0 Å². The molecule has 0 fully saturated rings. The van der Waals surface area contributed by atoms with Crippen LogP contribution in [0.15, 0.2) is 130 Å². The minimum atomic E-state index is -0.229. The highest BCUT2D eigenvalue weighted by Crippen LogP contribution is 2.41. The van der Waals surface area contributed by atoms with Crippen molar-refractivity contribution in [3.05, 3.63) is 130 Å². The highest BCUT2D eigenvalue weighted by Gasteiger charge is 2.34.